The van der Waals surface area contributed by atoms with E-state index in [1.54, 1.807) is 37.3 Å². The summed E-state index contributed by atoms with van der Waals surface area (Å²) in [5.74, 6) is -2.09. The number of esters is 1. The van der Waals surface area contributed by atoms with Gasteiger partial charge in [0.25, 0.3) is 11.8 Å². The largest absolute Gasteiger partial charge is 0.474 e. The number of hydrazine groups is 1. The standard InChI is InChI=1S/C20H16BrN3O7/c1-2-30-17(25)11-31-18-15(21)9-12(10-16(18)24(28)29)8-14-19(26)22-23(20(14)27)13-6-4-3-5-7-13/h3-10H,2,11H2,1H3,(H,22,26). The summed E-state index contributed by atoms with van der Waals surface area (Å²) in [6.45, 7) is 1.26. The minimum Gasteiger partial charge on any atom is -0.474 e. The number of hydrogen-bond acceptors (Lipinski definition) is 7. The quantitative estimate of drug-likeness (QED) is 0.208. The van der Waals surface area contributed by atoms with Crippen LogP contribution in [0.1, 0.15) is 12.5 Å². The van der Waals surface area contributed by atoms with Crippen LogP contribution in [-0.2, 0) is 19.1 Å². The molecule has 1 aliphatic heterocycles. The maximum Gasteiger partial charge on any atom is 0.344 e. The first-order valence-corrected chi connectivity index (χ1v) is 9.79. The summed E-state index contributed by atoms with van der Waals surface area (Å²) in [7, 11) is 0. The van der Waals surface area contributed by atoms with Gasteiger partial charge in [-0.25, -0.2) is 9.80 Å². The number of hydrogen-bond donors (Lipinski definition) is 1. The zero-order valence-electron chi connectivity index (χ0n) is 16.2. The van der Waals surface area contributed by atoms with Crippen molar-refractivity contribution in [3.8, 4) is 5.75 Å². The molecule has 0 aromatic heterocycles. The maximum atomic E-state index is 12.7. The number of nitro benzene ring substituents is 1. The highest BCUT2D eigenvalue weighted by molar-refractivity contribution is 9.10. The van der Waals surface area contributed by atoms with Gasteiger partial charge in [0, 0.05) is 6.07 Å². The second-order valence-electron chi connectivity index (χ2n) is 6.18. The van der Waals surface area contributed by atoms with Gasteiger partial charge < -0.3 is 9.47 Å². The maximum absolute atomic E-state index is 12.7. The van der Waals surface area contributed by atoms with Crippen LogP contribution in [0.5, 0.6) is 5.75 Å². The number of anilines is 1. The van der Waals surface area contributed by atoms with E-state index in [4.69, 9.17) is 9.47 Å². The van der Waals surface area contributed by atoms with Gasteiger partial charge in [0.1, 0.15) is 5.57 Å². The third-order valence-electron chi connectivity index (χ3n) is 4.10. The average molecular weight is 490 g/mol. The van der Waals surface area contributed by atoms with Gasteiger partial charge in [-0.2, -0.15) is 0 Å². The van der Waals surface area contributed by atoms with Crippen molar-refractivity contribution in [2.75, 3.05) is 18.2 Å². The van der Waals surface area contributed by atoms with Crippen LogP contribution in [0, 0.1) is 10.1 Å². The molecule has 160 valence electrons. The molecular weight excluding hydrogens is 474 g/mol. The fraction of sp³-hybridized carbons (Fsp3) is 0.150. The molecule has 1 aliphatic rings. The minimum atomic E-state index is -0.694. The number of para-hydroxylation sites is 1. The van der Waals surface area contributed by atoms with Gasteiger partial charge in [0.05, 0.1) is 21.7 Å². The highest BCUT2D eigenvalue weighted by atomic mass is 79.9. The van der Waals surface area contributed by atoms with Crippen molar-refractivity contribution in [2.45, 2.75) is 6.92 Å². The molecule has 1 fully saturated rings. The molecule has 0 aliphatic carbocycles. The van der Waals surface area contributed by atoms with Crippen molar-refractivity contribution in [2.24, 2.45) is 0 Å². The van der Waals surface area contributed by atoms with Gasteiger partial charge in [-0.1, -0.05) is 18.2 Å². The van der Waals surface area contributed by atoms with Gasteiger partial charge in [0.15, 0.2) is 6.61 Å². The molecule has 1 saturated heterocycles. The molecule has 1 N–H and O–H groups in total. The molecule has 3 rings (SSSR count). The number of nitrogens with zero attached hydrogens (tertiary/aromatic N) is 2. The first-order valence-electron chi connectivity index (χ1n) is 9.00. The minimum absolute atomic E-state index is 0.147. The number of amides is 2. The lowest BCUT2D eigenvalue weighted by atomic mass is 10.1. The molecule has 2 amide bonds. The third-order valence-corrected chi connectivity index (χ3v) is 4.69. The Morgan fingerprint density at radius 1 is 1.26 bits per heavy atom. The average Bonchev–Trinajstić information content (AvgIpc) is 3.01. The summed E-state index contributed by atoms with van der Waals surface area (Å²) >= 11 is 3.18. The number of nitro groups is 1. The van der Waals surface area contributed by atoms with E-state index in [1.165, 1.54) is 12.1 Å². The highest BCUT2D eigenvalue weighted by Crippen LogP contribution is 2.37. The lowest BCUT2D eigenvalue weighted by Crippen LogP contribution is -2.35. The topological polar surface area (TPSA) is 128 Å². The number of halogens is 1. The summed E-state index contributed by atoms with van der Waals surface area (Å²) in [5, 5.41) is 12.6. The molecule has 0 bridgehead atoms. The number of benzene rings is 2. The van der Waals surface area contributed by atoms with Crippen LogP contribution >= 0.6 is 15.9 Å². The molecule has 1 heterocycles. The highest BCUT2D eigenvalue weighted by Gasteiger charge is 2.34. The Hall–Kier alpha value is -3.73. The molecule has 0 unspecified atom stereocenters. The summed E-state index contributed by atoms with van der Waals surface area (Å²) in [6, 6.07) is 11.1. The first-order chi connectivity index (χ1) is 14.8. The number of nitrogens with one attached hydrogen (secondary N) is 1. The fourth-order valence-corrected chi connectivity index (χ4v) is 3.36. The monoisotopic (exact) mass is 489 g/mol. The summed E-state index contributed by atoms with van der Waals surface area (Å²) in [5.41, 5.74) is 2.51. The zero-order chi connectivity index (χ0) is 22.5. The Labute approximate surface area is 184 Å². The van der Waals surface area contributed by atoms with E-state index in [0.29, 0.717) is 5.69 Å². The third kappa shape index (κ3) is 4.89. The van der Waals surface area contributed by atoms with Crippen molar-refractivity contribution < 1.29 is 28.8 Å². The Bertz CT molecular complexity index is 1090. The van der Waals surface area contributed by atoms with Crippen molar-refractivity contribution >= 4 is 51.2 Å². The van der Waals surface area contributed by atoms with Crippen molar-refractivity contribution in [1.82, 2.24) is 5.43 Å². The van der Waals surface area contributed by atoms with E-state index >= 15 is 0 Å². The van der Waals surface area contributed by atoms with E-state index in [1.807, 2.05) is 0 Å². The molecule has 0 radical (unpaired) electrons. The van der Waals surface area contributed by atoms with Crippen LogP contribution in [0.2, 0.25) is 0 Å². The number of ether oxygens (including phenoxy) is 2. The Kier molecular flexibility index (Phi) is 6.65. The van der Waals surface area contributed by atoms with Crippen molar-refractivity contribution in [3.05, 3.63) is 68.2 Å². The lowest BCUT2D eigenvalue weighted by Gasteiger charge is -2.13. The first kappa shape index (κ1) is 22.0. The molecule has 2 aromatic carbocycles. The molecule has 0 spiro atoms. The van der Waals surface area contributed by atoms with E-state index in [0.717, 1.165) is 11.1 Å². The predicted octanol–water partition coefficient (Wildman–Crippen LogP) is 2.76. The van der Waals surface area contributed by atoms with Gasteiger partial charge >= 0.3 is 11.7 Å². The molecule has 0 atom stereocenters. The van der Waals surface area contributed by atoms with Crippen LogP contribution in [0.4, 0.5) is 11.4 Å². The molecule has 0 saturated carbocycles. The van der Waals surface area contributed by atoms with Gasteiger partial charge in [-0.3, -0.25) is 25.1 Å². The second-order valence-corrected chi connectivity index (χ2v) is 7.03. The number of carbonyl (C=O) groups excluding carboxylic acids is 3. The van der Waals surface area contributed by atoms with Crippen LogP contribution in [0.25, 0.3) is 6.08 Å². The van der Waals surface area contributed by atoms with E-state index < -0.39 is 35.0 Å². The number of carbonyl (C=O) groups is 3. The van der Waals surface area contributed by atoms with Crippen molar-refractivity contribution in [3.63, 3.8) is 0 Å². The summed E-state index contributed by atoms with van der Waals surface area (Å²) in [6.07, 6.45) is 1.24. The fourth-order valence-electron chi connectivity index (χ4n) is 2.78. The Balaban J connectivity index is 1.91. The van der Waals surface area contributed by atoms with Crippen LogP contribution in [0.3, 0.4) is 0 Å². The van der Waals surface area contributed by atoms with E-state index in [9.17, 15) is 24.5 Å². The molecule has 11 heteroatoms. The van der Waals surface area contributed by atoms with Crippen LogP contribution < -0.4 is 15.2 Å². The second kappa shape index (κ2) is 9.39. The smallest absolute Gasteiger partial charge is 0.344 e. The molecular formula is C20H16BrN3O7. The molecule has 2 aromatic rings. The molecule has 10 nitrogen and oxygen atoms in total. The lowest BCUT2D eigenvalue weighted by molar-refractivity contribution is -0.385. The summed E-state index contributed by atoms with van der Waals surface area (Å²) in [4.78, 5) is 47.3. The summed E-state index contributed by atoms with van der Waals surface area (Å²) < 4.78 is 10.2. The normalized spacial score (nSPS) is 14.5. The Morgan fingerprint density at radius 3 is 2.61 bits per heavy atom. The van der Waals surface area contributed by atoms with Gasteiger partial charge in [-0.15, -0.1) is 0 Å². The van der Waals surface area contributed by atoms with Crippen molar-refractivity contribution in [1.29, 1.82) is 0 Å². The SMILES string of the molecule is CCOC(=O)COc1c(Br)cc(C=C2C(=O)NN(c3ccccc3)C2=O)cc1[N+](=O)[O-]. The van der Waals surface area contributed by atoms with Crippen LogP contribution in [0.15, 0.2) is 52.5 Å². The number of rotatable bonds is 7. The predicted molar refractivity (Wildman–Crippen MR) is 113 cm³/mol. The zero-order valence-corrected chi connectivity index (χ0v) is 17.7. The van der Waals surface area contributed by atoms with E-state index in [2.05, 4.69) is 21.4 Å². The Morgan fingerprint density at radius 2 is 1.97 bits per heavy atom. The van der Waals surface area contributed by atoms with Gasteiger partial charge in [-0.05, 0) is 52.7 Å². The van der Waals surface area contributed by atoms with Gasteiger partial charge in [0.2, 0.25) is 5.75 Å². The van der Waals surface area contributed by atoms with Crippen LogP contribution in [-0.4, -0.2) is 35.9 Å². The van der Waals surface area contributed by atoms with E-state index in [-0.39, 0.29) is 28.0 Å². The molecule has 31 heavy (non-hydrogen) atoms.